The van der Waals surface area contributed by atoms with E-state index in [-0.39, 0.29) is 0 Å². The number of carbonyl (C=O) groups is 2. The standard InChI is InChI=1S/C17H18N2O4/c1-11-9-14(22-2)7-8-15(11)19-17(21)18-13-6-4-5-12(10-13)16(20)23-3/h4-10H,1-3H3,(H2,18,19,21). The van der Waals surface area contributed by atoms with Crippen LogP contribution in [0.5, 0.6) is 5.75 Å². The number of benzene rings is 2. The molecule has 23 heavy (non-hydrogen) atoms. The van der Waals surface area contributed by atoms with Crippen molar-refractivity contribution in [3.05, 3.63) is 53.6 Å². The van der Waals surface area contributed by atoms with Gasteiger partial charge in [0.15, 0.2) is 0 Å². The van der Waals surface area contributed by atoms with Crippen LogP contribution in [0.15, 0.2) is 42.5 Å². The Kier molecular flexibility index (Phi) is 5.19. The summed E-state index contributed by atoms with van der Waals surface area (Å²) < 4.78 is 9.78. The maximum Gasteiger partial charge on any atom is 0.337 e. The summed E-state index contributed by atoms with van der Waals surface area (Å²) in [5, 5.41) is 5.43. The third-order valence-corrected chi connectivity index (χ3v) is 3.22. The van der Waals surface area contributed by atoms with Crippen LogP contribution in [0.3, 0.4) is 0 Å². The summed E-state index contributed by atoms with van der Waals surface area (Å²) >= 11 is 0. The lowest BCUT2D eigenvalue weighted by atomic mass is 10.2. The van der Waals surface area contributed by atoms with Crippen molar-refractivity contribution in [2.45, 2.75) is 6.92 Å². The minimum absolute atomic E-state index is 0.367. The molecule has 0 aromatic heterocycles. The highest BCUT2D eigenvalue weighted by atomic mass is 16.5. The third kappa shape index (κ3) is 4.23. The Morgan fingerprint density at radius 1 is 1.00 bits per heavy atom. The number of esters is 1. The van der Waals surface area contributed by atoms with E-state index >= 15 is 0 Å². The van der Waals surface area contributed by atoms with Gasteiger partial charge in [-0.2, -0.15) is 0 Å². The van der Waals surface area contributed by atoms with Gasteiger partial charge in [0.05, 0.1) is 19.8 Å². The topological polar surface area (TPSA) is 76.7 Å². The molecule has 0 fully saturated rings. The van der Waals surface area contributed by atoms with E-state index in [1.54, 1.807) is 43.5 Å². The van der Waals surface area contributed by atoms with E-state index < -0.39 is 12.0 Å². The molecule has 2 rings (SSSR count). The number of rotatable bonds is 4. The second-order valence-electron chi connectivity index (χ2n) is 4.83. The van der Waals surface area contributed by atoms with Crippen LogP contribution in [0.2, 0.25) is 0 Å². The first-order valence-corrected chi connectivity index (χ1v) is 6.94. The second-order valence-corrected chi connectivity index (χ2v) is 4.83. The highest BCUT2D eigenvalue weighted by molar-refractivity contribution is 6.01. The summed E-state index contributed by atoms with van der Waals surface area (Å²) in [6.45, 7) is 1.87. The Hall–Kier alpha value is -3.02. The van der Waals surface area contributed by atoms with Gasteiger partial charge < -0.3 is 20.1 Å². The van der Waals surface area contributed by atoms with Gasteiger partial charge in [-0.3, -0.25) is 0 Å². The number of ether oxygens (including phenoxy) is 2. The Morgan fingerprint density at radius 2 is 1.78 bits per heavy atom. The molecule has 0 spiro atoms. The Labute approximate surface area is 134 Å². The maximum atomic E-state index is 12.1. The zero-order chi connectivity index (χ0) is 16.8. The van der Waals surface area contributed by atoms with Gasteiger partial charge in [0.25, 0.3) is 0 Å². The van der Waals surface area contributed by atoms with E-state index in [0.717, 1.165) is 11.3 Å². The fourth-order valence-electron chi connectivity index (χ4n) is 2.03. The van der Waals surface area contributed by atoms with Crippen molar-refractivity contribution in [1.82, 2.24) is 0 Å². The molecule has 6 heteroatoms. The van der Waals surface area contributed by atoms with Gasteiger partial charge in [0.1, 0.15) is 5.75 Å². The van der Waals surface area contributed by atoms with Crippen molar-refractivity contribution in [3.8, 4) is 5.75 Å². The first kappa shape index (κ1) is 16.4. The van der Waals surface area contributed by atoms with Crippen molar-refractivity contribution >= 4 is 23.4 Å². The minimum atomic E-state index is -0.458. The van der Waals surface area contributed by atoms with Crippen LogP contribution in [-0.2, 0) is 4.74 Å². The van der Waals surface area contributed by atoms with E-state index in [0.29, 0.717) is 16.9 Å². The molecule has 0 heterocycles. The number of carbonyl (C=O) groups excluding carboxylic acids is 2. The van der Waals surface area contributed by atoms with E-state index in [1.165, 1.54) is 7.11 Å². The van der Waals surface area contributed by atoms with Crippen molar-refractivity contribution in [3.63, 3.8) is 0 Å². The van der Waals surface area contributed by atoms with Crippen molar-refractivity contribution in [2.24, 2.45) is 0 Å². The summed E-state index contributed by atoms with van der Waals surface area (Å²) in [5.41, 5.74) is 2.41. The molecular formula is C17H18N2O4. The Bertz CT molecular complexity index is 728. The number of hydrogen-bond donors (Lipinski definition) is 2. The number of anilines is 2. The van der Waals surface area contributed by atoms with Crippen molar-refractivity contribution < 1.29 is 19.1 Å². The van der Waals surface area contributed by atoms with Gasteiger partial charge >= 0.3 is 12.0 Å². The molecular weight excluding hydrogens is 296 g/mol. The largest absolute Gasteiger partial charge is 0.497 e. The molecule has 2 aromatic rings. The average molecular weight is 314 g/mol. The summed E-state index contributed by atoms with van der Waals surface area (Å²) in [7, 11) is 2.89. The van der Waals surface area contributed by atoms with Crippen LogP contribution in [0.4, 0.5) is 16.2 Å². The molecule has 0 bridgehead atoms. The number of aryl methyl sites for hydroxylation is 1. The van der Waals surface area contributed by atoms with Crippen LogP contribution in [0, 0.1) is 6.92 Å². The lowest BCUT2D eigenvalue weighted by molar-refractivity contribution is 0.0600. The highest BCUT2D eigenvalue weighted by Gasteiger charge is 2.09. The van der Waals surface area contributed by atoms with Gasteiger partial charge in [-0.05, 0) is 48.9 Å². The predicted octanol–water partition coefficient (Wildman–Crippen LogP) is 3.43. The summed E-state index contributed by atoms with van der Waals surface area (Å²) in [5.74, 6) is 0.263. The fraction of sp³-hybridized carbons (Fsp3) is 0.176. The molecule has 0 aliphatic heterocycles. The summed E-state index contributed by atoms with van der Waals surface area (Å²) in [6.07, 6.45) is 0. The van der Waals surface area contributed by atoms with Crippen molar-refractivity contribution in [1.29, 1.82) is 0 Å². The third-order valence-electron chi connectivity index (χ3n) is 3.22. The molecule has 6 nitrogen and oxygen atoms in total. The lowest BCUT2D eigenvalue weighted by Gasteiger charge is -2.11. The molecule has 0 radical (unpaired) electrons. The number of hydrogen-bond acceptors (Lipinski definition) is 4. The maximum absolute atomic E-state index is 12.1. The van der Waals surface area contributed by atoms with E-state index in [9.17, 15) is 9.59 Å². The molecule has 0 saturated heterocycles. The first-order valence-electron chi connectivity index (χ1n) is 6.94. The Balaban J connectivity index is 2.06. The second kappa shape index (κ2) is 7.31. The highest BCUT2D eigenvalue weighted by Crippen LogP contribution is 2.21. The van der Waals surface area contributed by atoms with Gasteiger partial charge in [-0.1, -0.05) is 6.07 Å². The summed E-state index contributed by atoms with van der Waals surface area (Å²) in [6, 6.07) is 11.5. The Morgan fingerprint density at radius 3 is 2.43 bits per heavy atom. The van der Waals surface area contributed by atoms with Crippen LogP contribution in [-0.4, -0.2) is 26.2 Å². The van der Waals surface area contributed by atoms with Crippen LogP contribution in [0.25, 0.3) is 0 Å². The van der Waals surface area contributed by atoms with Gasteiger partial charge in [0.2, 0.25) is 0 Å². The summed E-state index contributed by atoms with van der Waals surface area (Å²) in [4.78, 5) is 23.6. The number of nitrogens with one attached hydrogen (secondary N) is 2. The molecule has 2 amide bonds. The van der Waals surface area contributed by atoms with Gasteiger partial charge in [0, 0.05) is 11.4 Å². The molecule has 0 saturated carbocycles. The van der Waals surface area contributed by atoms with Crippen LogP contribution >= 0.6 is 0 Å². The van der Waals surface area contributed by atoms with Crippen molar-refractivity contribution in [2.75, 3.05) is 24.9 Å². The number of methoxy groups -OCH3 is 2. The number of urea groups is 1. The quantitative estimate of drug-likeness (QED) is 0.848. The minimum Gasteiger partial charge on any atom is -0.497 e. The molecule has 0 aliphatic carbocycles. The monoisotopic (exact) mass is 314 g/mol. The molecule has 0 atom stereocenters. The molecule has 120 valence electrons. The fourth-order valence-corrected chi connectivity index (χ4v) is 2.03. The van der Waals surface area contributed by atoms with Gasteiger partial charge in [-0.15, -0.1) is 0 Å². The molecule has 0 unspecified atom stereocenters. The van der Waals surface area contributed by atoms with Crippen LogP contribution in [0.1, 0.15) is 15.9 Å². The van der Waals surface area contributed by atoms with Crippen LogP contribution < -0.4 is 15.4 Å². The van der Waals surface area contributed by atoms with E-state index in [4.69, 9.17) is 4.74 Å². The average Bonchev–Trinajstić information content (AvgIpc) is 2.56. The van der Waals surface area contributed by atoms with Gasteiger partial charge in [-0.25, -0.2) is 9.59 Å². The predicted molar refractivity (Wildman–Crippen MR) is 88.2 cm³/mol. The first-order chi connectivity index (χ1) is 11.0. The molecule has 2 aromatic carbocycles. The SMILES string of the molecule is COC(=O)c1cccc(NC(=O)Nc2ccc(OC)cc2C)c1. The molecule has 0 aliphatic rings. The lowest BCUT2D eigenvalue weighted by Crippen LogP contribution is -2.20. The smallest absolute Gasteiger partial charge is 0.337 e. The zero-order valence-electron chi connectivity index (χ0n) is 13.2. The van der Waals surface area contributed by atoms with E-state index in [1.807, 2.05) is 13.0 Å². The number of amides is 2. The zero-order valence-corrected chi connectivity index (χ0v) is 13.2. The van der Waals surface area contributed by atoms with E-state index in [2.05, 4.69) is 15.4 Å². The normalized spacial score (nSPS) is 9.87. The molecule has 2 N–H and O–H groups in total.